The quantitative estimate of drug-likeness (QED) is 0.856. The third kappa shape index (κ3) is 3.79. The summed E-state index contributed by atoms with van der Waals surface area (Å²) < 4.78 is 11.0. The molecule has 2 N–H and O–H groups in total. The number of hydrogen-bond donors (Lipinski definition) is 2. The Labute approximate surface area is 159 Å². The molecule has 3 heterocycles. The van der Waals surface area contributed by atoms with E-state index >= 15 is 0 Å². The molecular weight excluding hydrogens is 344 g/mol. The van der Waals surface area contributed by atoms with Crippen LogP contribution in [0.25, 0.3) is 0 Å². The molecule has 2 fully saturated rings. The van der Waals surface area contributed by atoms with E-state index in [1.165, 1.54) is 0 Å². The summed E-state index contributed by atoms with van der Waals surface area (Å²) >= 11 is 0. The van der Waals surface area contributed by atoms with Gasteiger partial charge in [0.2, 0.25) is 5.91 Å². The molecule has 0 saturated carbocycles. The Hall–Kier alpha value is -2.51. The van der Waals surface area contributed by atoms with Crippen LogP contribution in [-0.2, 0) is 4.79 Å². The Morgan fingerprint density at radius 2 is 1.96 bits per heavy atom. The van der Waals surface area contributed by atoms with Crippen molar-refractivity contribution < 1.29 is 13.9 Å². The number of benzene rings is 1. The zero-order valence-corrected chi connectivity index (χ0v) is 15.8. The van der Waals surface area contributed by atoms with E-state index in [-0.39, 0.29) is 18.0 Å². The molecule has 27 heavy (non-hydrogen) atoms. The molecule has 2 saturated heterocycles. The predicted octanol–water partition coefficient (Wildman–Crippen LogP) is 1.85. The average Bonchev–Trinajstić information content (AvgIpc) is 3.37. The number of amides is 1. The van der Waals surface area contributed by atoms with E-state index in [1.54, 1.807) is 7.11 Å². The Morgan fingerprint density at radius 3 is 2.67 bits per heavy atom. The molecule has 7 heteroatoms. The molecule has 0 spiro atoms. The molecule has 0 radical (unpaired) electrons. The number of rotatable bonds is 4. The van der Waals surface area contributed by atoms with Gasteiger partial charge in [0, 0.05) is 37.9 Å². The van der Waals surface area contributed by atoms with Gasteiger partial charge in [0.25, 0.3) is 0 Å². The van der Waals surface area contributed by atoms with Crippen molar-refractivity contribution in [3.63, 3.8) is 0 Å². The highest BCUT2D eigenvalue weighted by atomic mass is 16.5. The number of carbonyl (C=O) groups is 1. The molecule has 1 aromatic carbocycles. The van der Waals surface area contributed by atoms with Crippen molar-refractivity contribution in [1.82, 2.24) is 15.8 Å². The number of hydrazine groups is 1. The van der Waals surface area contributed by atoms with Gasteiger partial charge in [-0.05, 0) is 37.6 Å². The van der Waals surface area contributed by atoms with Crippen LogP contribution in [0, 0.1) is 6.92 Å². The van der Waals surface area contributed by atoms with Crippen LogP contribution in [0.3, 0.4) is 0 Å². The van der Waals surface area contributed by atoms with Gasteiger partial charge < -0.3 is 19.0 Å². The summed E-state index contributed by atoms with van der Waals surface area (Å²) in [4.78, 5) is 17.1. The van der Waals surface area contributed by atoms with Gasteiger partial charge in [0.1, 0.15) is 23.3 Å². The van der Waals surface area contributed by atoms with E-state index in [2.05, 4.69) is 21.8 Å². The van der Waals surface area contributed by atoms with Gasteiger partial charge in [-0.25, -0.2) is 10.9 Å². The Kier molecular flexibility index (Phi) is 5.05. The van der Waals surface area contributed by atoms with Crippen LogP contribution in [0.4, 0.5) is 5.69 Å². The van der Waals surface area contributed by atoms with Crippen LogP contribution in [-0.4, -0.2) is 50.1 Å². The van der Waals surface area contributed by atoms with E-state index in [9.17, 15) is 4.79 Å². The summed E-state index contributed by atoms with van der Waals surface area (Å²) in [7, 11) is 1.68. The van der Waals surface area contributed by atoms with Gasteiger partial charge in [-0.2, -0.15) is 0 Å². The largest absolute Gasteiger partial charge is 0.497 e. The average molecular weight is 370 g/mol. The Bertz CT molecular complexity index is 798. The fraction of sp³-hybridized carbons (Fsp3) is 0.450. The SMILES string of the molecule is COc1cccc(N2CCN(C(=O)C3CC(c4ccc(C)o4)NN3)CC2)c1. The second-order valence-corrected chi connectivity index (χ2v) is 7.09. The number of hydrogen-bond acceptors (Lipinski definition) is 6. The Morgan fingerprint density at radius 1 is 1.15 bits per heavy atom. The number of methoxy groups -OCH3 is 1. The lowest BCUT2D eigenvalue weighted by Gasteiger charge is -2.37. The second kappa shape index (κ2) is 7.62. The molecule has 1 aromatic heterocycles. The highest BCUT2D eigenvalue weighted by molar-refractivity contribution is 5.82. The van der Waals surface area contributed by atoms with Gasteiger partial charge in [-0.3, -0.25) is 4.79 Å². The van der Waals surface area contributed by atoms with Crippen molar-refractivity contribution in [3.8, 4) is 5.75 Å². The maximum absolute atomic E-state index is 12.9. The van der Waals surface area contributed by atoms with Gasteiger partial charge in [-0.15, -0.1) is 0 Å². The van der Waals surface area contributed by atoms with E-state index in [4.69, 9.17) is 9.15 Å². The first kappa shape index (κ1) is 17.9. The standard InChI is InChI=1S/C20H26N4O3/c1-14-6-7-19(27-14)17-13-18(22-21-17)20(25)24-10-8-23(9-11-24)15-4-3-5-16(12-15)26-2/h3-7,12,17-18,21-22H,8-11,13H2,1-2H3. The fourth-order valence-corrected chi connectivity index (χ4v) is 3.76. The molecule has 4 rings (SSSR count). The number of anilines is 1. The summed E-state index contributed by atoms with van der Waals surface area (Å²) in [5, 5.41) is 0. The van der Waals surface area contributed by atoms with Gasteiger partial charge >= 0.3 is 0 Å². The molecule has 7 nitrogen and oxygen atoms in total. The first-order valence-electron chi connectivity index (χ1n) is 9.39. The lowest BCUT2D eigenvalue weighted by Crippen LogP contribution is -2.53. The number of nitrogens with zero attached hydrogens (tertiary/aromatic N) is 2. The third-order valence-electron chi connectivity index (χ3n) is 5.32. The maximum Gasteiger partial charge on any atom is 0.241 e. The van der Waals surface area contributed by atoms with Crippen LogP contribution in [0.1, 0.15) is 24.0 Å². The minimum atomic E-state index is -0.219. The van der Waals surface area contributed by atoms with Crippen LogP contribution >= 0.6 is 0 Å². The lowest BCUT2D eigenvalue weighted by molar-refractivity contribution is -0.133. The molecule has 0 bridgehead atoms. The van der Waals surface area contributed by atoms with E-state index in [0.29, 0.717) is 6.42 Å². The highest BCUT2D eigenvalue weighted by Crippen LogP contribution is 2.26. The molecule has 1 amide bonds. The number of aryl methyl sites for hydroxylation is 1. The van der Waals surface area contributed by atoms with Crippen LogP contribution < -0.4 is 20.5 Å². The predicted molar refractivity (Wildman–Crippen MR) is 103 cm³/mol. The maximum atomic E-state index is 12.9. The van der Waals surface area contributed by atoms with E-state index < -0.39 is 0 Å². The fourth-order valence-electron chi connectivity index (χ4n) is 3.76. The topological polar surface area (TPSA) is 70.0 Å². The highest BCUT2D eigenvalue weighted by Gasteiger charge is 2.35. The van der Waals surface area contributed by atoms with E-state index in [0.717, 1.165) is 49.1 Å². The normalized spacial score (nSPS) is 22.9. The van der Waals surface area contributed by atoms with Crippen molar-refractivity contribution >= 4 is 11.6 Å². The number of furan rings is 1. The molecule has 2 aliphatic heterocycles. The van der Waals surface area contributed by atoms with Gasteiger partial charge in [0.15, 0.2) is 0 Å². The van der Waals surface area contributed by atoms with Crippen LogP contribution in [0.5, 0.6) is 5.75 Å². The van der Waals surface area contributed by atoms with Crippen molar-refractivity contribution in [2.24, 2.45) is 0 Å². The summed E-state index contributed by atoms with van der Waals surface area (Å²) in [6, 6.07) is 11.8. The van der Waals surface area contributed by atoms with Crippen molar-refractivity contribution in [2.75, 3.05) is 38.2 Å². The minimum Gasteiger partial charge on any atom is -0.497 e. The second-order valence-electron chi connectivity index (χ2n) is 7.09. The third-order valence-corrected chi connectivity index (χ3v) is 5.32. The number of ether oxygens (including phenoxy) is 1. The molecule has 144 valence electrons. The summed E-state index contributed by atoms with van der Waals surface area (Å²) in [6.45, 7) is 5.01. The smallest absolute Gasteiger partial charge is 0.241 e. The van der Waals surface area contributed by atoms with Gasteiger partial charge in [-0.1, -0.05) is 6.07 Å². The lowest BCUT2D eigenvalue weighted by atomic mass is 10.1. The van der Waals surface area contributed by atoms with E-state index in [1.807, 2.05) is 42.2 Å². The van der Waals surface area contributed by atoms with Crippen LogP contribution in [0.2, 0.25) is 0 Å². The van der Waals surface area contributed by atoms with Crippen molar-refractivity contribution in [3.05, 3.63) is 47.9 Å². The van der Waals surface area contributed by atoms with Crippen LogP contribution in [0.15, 0.2) is 40.8 Å². The first-order valence-corrected chi connectivity index (χ1v) is 9.39. The Balaban J connectivity index is 1.32. The number of piperazine rings is 1. The van der Waals surface area contributed by atoms with Gasteiger partial charge in [0.05, 0.1) is 13.2 Å². The molecular formula is C20H26N4O3. The first-order chi connectivity index (χ1) is 13.1. The number of nitrogens with one attached hydrogen (secondary N) is 2. The molecule has 2 aliphatic rings. The summed E-state index contributed by atoms with van der Waals surface area (Å²) in [6.07, 6.45) is 0.696. The minimum absolute atomic E-state index is 0.0331. The van der Waals surface area contributed by atoms with Crippen molar-refractivity contribution in [1.29, 1.82) is 0 Å². The zero-order chi connectivity index (χ0) is 18.8. The summed E-state index contributed by atoms with van der Waals surface area (Å²) in [5.41, 5.74) is 7.46. The number of carbonyl (C=O) groups excluding carboxylic acids is 1. The molecule has 2 unspecified atom stereocenters. The molecule has 2 atom stereocenters. The summed E-state index contributed by atoms with van der Waals surface area (Å²) in [5.74, 6) is 2.76. The monoisotopic (exact) mass is 370 g/mol. The van der Waals surface area contributed by atoms with Crippen molar-refractivity contribution in [2.45, 2.75) is 25.4 Å². The zero-order valence-electron chi connectivity index (χ0n) is 15.8. The molecule has 0 aliphatic carbocycles. The molecule has 2 aromatic rings.